The zero-order valence-electron chi connectivity index (χ0n) is 15.5. The Kier molecular flexibility index (Phi) is 5.85. The molecule has 3 N–H and O–H groups in total. The number of aryl methyl sites for hydroxylation is 1. The van der Waals surface area contributed by atoms with E-state index in [4.69, 9.17) is 0 Å². The van der Waals surface area contributed by atoms with E-state index in [-0.39, 0.29) is 30.1 Å². The number of aliphatic hydroxyl groups is 1. The highest BCUT2D eigenvalue weighted by Gasteiger charge is 2.28. The summed E-state index contributed by atoms with van der Waals surface area (Å²) in [4.78, 5) is 16.9. The van der Waals surface area contributed by atoms with Crippen LogP contribution in [0.4, 0.5) is 4.79 Å². The summed E-state index contributed by atoms with van der Waals surface area (Å²) >= 11 is 0. The van der Waals surface area contributed by atoms with Gasteiger partial charge in [0.15, 0.2) is 5.82 Å². The summed E-state index contributed by atoms with van der Waals surface area (Å²) in [5.74, 6) is 2.18. The molecular weight excluding hydrogens is 306 g/mol. The SMILES string of the molecule is CC(C)c1nc2n(n1)C[C@H](NC(=O)N[C@@H](CCO)C(C)(C)C)CC2. The molecule has 0 saturated carbocycles. The lowest BCUT2D eigenvalue weighted by atomic mass is 9.85. The van der Waals surface area contributed by atoms with Crippen LogP contribution in [0.1, 0.15) is 65.0 Å². The Morgan fingerprint density at radius 1 is 1.42 bits per heavy atom. The number of hydrogen-bond donors (Lipinski definition) is 3. The third kappa shape index (κ3) is 4.69. The molecule has 24 heavy (non-hydrogen) atoms. The van der Waals surface area contributed by atoms with Gasteiger partial charge in [-0.3, -0.25) is 0 Å². The quantitative estimate of drug-likeness (QED) is 0.764. The van der Waals surface area contributed by atoms with E-state index in [1.807, 2.05) is 4.68 Å². The minimum atomic E-state index is -0.180. The van der Waals surface area contributed by atoms with E-state index >= 15 is 0 Å². The number of rotatable bonds is 5. The van der Waals surface area contributed by atoms with Crippen LogP contribution in [-0.2, 0) is 13.0 Å². The van der Waals surface area contributed by atoms with Gasteiger partial charge in [0.2, 0.25) is 0 Å². The van der Waals surface area contributed by atoms with Gasteiger partial charge >= 0.3 is 6.03 Å². The van der Waals surface area contributed by atoms with Gasteiger partial charge in [-0.1, -0.05) is 34.6 Å². The van der Waals surface area contributed by atoms with E-state index in [9.17, 15) is 9.90 Å². The van der Waals surface area contributed by atoms with Crippen LogP contribution < -0.4 is 10.6 Å². The maximum Gasteiger partial charge on any atom is 0.315 e. The second-order valence-corrected chi connectivity index (χ2v) is 8.01. The Balaban J connectivity index is 1.93. The van der Waals surface area contributed by atoms with Crippen molar-refractivity contribution in [2.75, 3.05) is 6.61 Å². The molecule has 1 aromatic heterocycles. The van der Waals surface area contributed by atoms with E-state index < -0.39 is 0 Å². The molecule has 7 nitrogen and oxygen atoms in total. The van der Waals surface area contributed by atoms with Gasteiger partial charge in [-0.25, -0.2) is 14.5 Å². The van der Waals surface area contributed by atoms with Gasteiger partial charge in [0.25, 0.3) is 0 Å². The molecule has 0 spiro atoms. The number of nitrogens with one attached hydrogen (secondary N) is 2. The summed E-state index contributed by atoms with van der Waals surface area (Å²) in [6.45, 7) is 11.1. The summed E-state index contributed by atoms with van der Waals surface area (Å²) in [7, 11) is 0. The molecule has 2 amide bonds. The number of aromatic nitrogens is 3. The van der Waals surface area contributed by atoms with Crippen LogP contribution in [0.15, 0.2) is 0 Å². The lowest BCUT2D eigenvalue weighted by molar-refractivity contribution is 0.185. The molecule has 2 rings (SSSR count). The summed E-state index contributed by atoms with van der Waals surface area (Å²) in [5.41, 5.74) is -0.0993. The summed E-state index contributed by atoms with van der Waals surface area (Å²) in [6.07, 6.45) is 2.24. The first-order valence-corrected chi connectivity index (χ1v) is 8.82. The predicted octanol–water partition coefficient (Wildman–Crippen LogP) is 1.81. The van der Waals surface area contributed by atoms with Crippen molar-refractivity contribution in [2.45, 2.75) is 78.4 Å². The van der Waals surface area contributed by atoms with Gasteiger partial charge in [-0.15, -0.1) is 0 Å². The van der Waals surface area contributed by atoms with Crippen molar-refractivity contribution in [1.29, 1.82) is 0 Å². The molecule has 0 unspecified atom stereocenters. The van der Waals surface area contributed by atoms with Crippen LogP contribution >= 0.6 is 0 Å². The van der Waals surface area contributed by atoms with Crippen molar-refractivity contribution in [1.82, 2.24) is 25.4 Å². The van der Waals surface area contributed by atoms with Gasteiger partial charge in [0.05, 0.1) is 12.6 Å². The predicted molar refractivity (Wildman–Crippen MR) is 92.8 cm³/mol. The molecule has 0 fully saturated rings. The van der Waals surface area contributed by atoms with Gasteiger partial charge in [0, 0.05) is 25.0 Å². The highest BCUT2D eigenvalue weighted by atomic mass is 16.3. The topological polar surface area (TPSA) is 92.1 Å². The van der Waals surface area contributed by atoms with Gasteiger partial charge < -0.3 is 15.7 Å². The summed E-state index contributed by atoms with van der Waals surface area (Å²) in [5, 5.41) is 19.8. The highest BCUT2D eigenvalue weighted by molar-refractivity contribution is 5.74. The normalized spacial score (nSPS) is 19.0. The fourth-order valence-corrected chi connectivity index (χ4v) is 2.93. The lowest BCUT2D eigenvalue weighted by Crippen LogP contribution is -2.52. The summed E-state index contributed by atoms with van der Waals surface area (Å²) in [6, 6.07) is -0.199. The van der Waals surface area contributed by atoms with Crippen LogP contribution in [0, 0.1) is 5.41 Å². The minimum Gasteiger partial charge on any atom is -0.396 e. The largest absolute Gasteiger partial charge is 0.396 e. The first kappa shape index (κ1) is 18.7. The Hall–Kier alpha value is -1.63. The fraction of sp³-hybridized carbons (Fsp3) is 0.824. The second kappa shape index (κ2) is 7.51. The monoisotopic (exact) mass is 337 g/mol. The average molecular weight is 337 g/mol. The van der Waals surface area contributed by atoms with Crippen molar-refractivity contribution in [2.24, 2.45) is 5.41 Å². The van der Waals surface area contributed by atoms with E-state index in [0.717, 1.165) is 24.5 Å². The molecular formula is C17H31N5O2. The Morgan fingerprint density at radius 3 is 2.71 bits per heavy atom. The fourth-order valence-electron chi connectivity index (χ4n) is 2.93. The number of fused-ring (bicyclic) bond motifs is 1. The van der Waals surface area contributed by atoms with E-state index in [0.29, 0.717) is 18.9 Å². The van der Waals surface area contributed by atoms with Gasteiger partial charge in [-0.05, 0) is 18.3 Å². The number of carbonyl (C=O) groups excluding carboxylic acids is 1. The van der Waals surface area contributed by atoms with Crippen LogP contribution in [0.2, 0.25) is 0 Å². The zero-order valence-corrected chi connectivity index (χ0v) is 15.5. The second-order valence-electron chi connectivity index (χ2n) is 8.01. The van der Waals surface area contributed by atoms with Crippen molar-refractivity contribution in [3.8, 4) is 0 Å². The Morgan fingerprint density at radius 2 is 2.12 bits per heavy atom. The van der Waals surface area contributed by atoms with Crippen LogP contribution in [0.25, 0.3) is 0 Å². The molecule has 1 aliphatic rings. The van der Waals surface area contributed by atoms with E-state index in [2.05, 4.69) is 55.3 Å². The first-order valence-electron chi connectivity index (χ1n) is 8.82. The number of carbonyl (C=O) groups is 1. The third-order valence-electron chi connectivity index (χ3n) is 4.49. The number of urea groups is 1. The maximum atomic E-state index is 12.3. The van der Waals surface area contributed by atoms with E-state index in [1.165, 1.54) is 0 Å². The molecule has 1 aromatic rings. The van der Waals surface area contributed by atoms with Crippen molar-refractivity contribution < 1.29 is 9.90 Å². The third-order valence-corrected chi connectivity index (χ3v) is 4.49. The smallest absolute Gasteiger partial charge is 0.315 e. The molecule has 2 heterocycles. The maximum absolute atomic E-state index is 12.3. The van der Waals surface area contributed by atoms with Crippen molar-refractivity contribution in [3.05, 3.63) is 11.6 Å². The van der Waals surface area contributed by atoms with Crippen molar-refractivity contribution >= 4 is 6.03 Å². The first-order chi connectivity index (χ1) is 11.2. The Bertz CT molecular complexity index is 562. The van der Waals surface area contributed by atoms with Crippen molar-refractivity contribution in [3.63, 3.8) is 0 Å². The zero-order chi connectivity index (χ0) is 17.9. The molecule has 1 aliphatic heterocycles. The highest BCUT2D eigenvalue weighted by Crippen LogP contribution is 2.22. The number of amides is 2. The molecule has 0 aromatic carbocycles. The molecule has 0 saturated heterocycles. The van der Waals surface area contributed by atoms with Crippen LogP contribution in [-0.4, -0.2) is 44.6 Å². The van der Waals surface area contributed by atoms with Gasteiger partial charge in [-0.2, -0.15) is 5.10 Å². The molecule has 0 bridgehead atoms. The average Bonchev–Trinajstić information content (AvgIpc) is 2.89. The summed E-state index contributed by atoms with van der Waals surface area (Å²) < 4.78 is 1.92. The van der Waals surface area contributed by atoms with Crippen LogP contribution in [0.5, 0.6) is 0 Å². The van der Waals surface area contributed by atoms with Crippen LogP contribution in [0.3, 0.4) is 0 Å². The lowest BCUT2D eigenvalue weighted by Gasteiger charge is -2.32. The Labute approximate surface area is 144 Å². The number of hydrogen-bond acceptors (Lipinski definition) is 4. The molecule has 0 radical (unpaired) electrons. The number of aliphatic hydroxyl groups excluding tert-OH is 1. The van der Waals surface area contributed by atoms with Gasteiger partial charge in [0.1, 0.15) is 5.82 Å². The molecule has 7 heteroatoms. The number of nitrogens with zero attached hydrogens (tertiary/aromatic N) is 3. The molecule has 2 atom stereocenters. The minimum absolute atomic E-state index is 0.0500. The molecule has 136 valence electrons. The standard InChI is InChI=1S/C17H31N5O2/c1-11(2)15-20-14-7-6-12(10-22(14)21-15)18-16(24)19-13(8-9-23)17(3,4)5/h11-13,23H,6-10H2,1-5H3,(H2,18,19,24)/t12-,13+/m1/s1. The van der Waals surface area contributed by atoms with E-state index in [1.54, 1.807) is 0 Å². The molecule has 0 aliphatic carbocycles.